The number of hydrogen-bond acceptors (Lipinski definition) is 3. The standard InChI is InChI=1S/C10H10FNO3/c1-6(13)12-7-3-4-9(11)8(5-7)10(14)15-2/h3-5H,1-2H3,(H,12,13). The Balaban J connectivity index is 3.05. The second-order valence-electron chi connectivity index (χ2n) is 2.87. The molecule has 1 rings (SSSR count). The molecule has 80 valence electrons. The average molecular weight is 211 g/mol. The van der Waals surface area contributed by atoms with Gasteiger partial charge in [-0.1, -0.05) is 0 Å². The molecule has 1 amide bonds. The summed E-state index contributed by atoms with van der Waals surface area (Å²) in [7, 11) is 1.16. The Morgan fingerprint density at radius 3 is 2.60 bits per heavy atom. The summed E-state index contributed by atoms with van der Waals surface area (Å²) in [6.45, 7) is 1.32. The third kappa shape index (κ3) is 2.77. The molecule has 0 aliphatic rings. The highest BCUT2D eigenvalue weighted by Gasteiger charge is 2.12. The van der Waals surface area contributed by atoms with Gasteiger partial charge in [0.2, 0.25) is 5.91 Å². The van der Waals surface area contributed by atoms with Crippen LogP contribution in [-0.2, 0) is 9.53 Å². The Morgan fingerprint density at radius 2 is 2.07 bits per heavy atom. The lowest BCUT2D eigenvalue weighted by Crippen LogP contribution is -2.09. The largest absolute Gasteiger partial charge is 0.465 e. The molecule has 0 unspecified atom stereocenters. The van der Waals surface area contributed by atoms with Crippen molar-refractivity contribution in [1.29, 1.82) is 0 Å². The van der Waals surface area contributed by atoms with E-state index in [1.165, 1.54) is 19.1 Å². The second-order valence-corrected chi connectivity index (χ2v) is 2.87. The van der Waals surface area contributed by atoms with Gasteiger partial charge < -0.3 is 10.1 Å². The topological polar surface area (TPSA) is 55.4 Å². The fourth-order valence-electron chi connectivity index (χ4n) is 1.07. The van der Waals surface area contributed by atoms with Gasteiger partial charge in [0.25, 0.3) is 0 Å². The van der Waals surface area contributed by atoms with Crippen LogP contribution in [0.25, 0.3) is 0 Å². The van der Waals surface area contributed by atoms with E-state index < -0.39 is 11.8 Å². The molecule has 0 heterocycles. The summed E-state index contributed by atoms with van der Waals surface area (Å²) in [5.74, 6) is -1.76. The molecule has 0 saturated carbocycles. The van der Waals surface area contributed by atoms with Crippen LogP contribution in [0, 0.1) is 5.82 Å². The Morgan fingerprint density at radius 1 is 1.40 bits per heavy atom. The molecule has 0 fully saturated rings. The summed E-state index contributed by atoms with van der Waals surface area (Å²) in [4.78, 5) is 21.8. The minimum absolute atomic E-state index is 0.205. The van der Waals surface area contributed by atoms with Crippen molar-refractivity contribution in [2.45, 2.75) is 6.92 Å². The van der Waals surface area contributed by atoms with Crippen LogP contribution in [0.2, 0.25) is 0 Å². The number of carbonyl (C=O) groups excluding carboxylic acids is 2. The maximum atomic E-state index is 13.1. The number of nitrogens with one attached hydrogen (secondary N) is 1. The molecule has 15 heavy (non-hydrogen) atoms. The van der Waals surface area contributed by atoms with Crippen molar-refractivity contribution in [1.82, 2.24) is 0 Å². The van der Waals surface area contributed by atoms with Crippen LogP contribution in [0.3, 0.4) is 0 Å². The fraction of sp³-hybridized carbons (Fsp3) is 0.200. The van der Waals surface area contributed by atoms with E-state index in [1.807, 2.05) is 0 Å². The number of amides is 1. The molecule has 0 saturated heterocycles. The molecule has 1 aromatic carbocycles. The van der Waals surface area contributed by atoms with Gasteiger partial charge in [0.1, 0.15) is 5.82 Å². The number of esters is 1. The van der Waals surface area contributed by atoms with E-state index in [0.717, 1.165) is 13.2 Å². The highest BCUT2D eigenvalue weighted by Crippen LogP contribution is 2.15. The van der Waals surface area contributed by atoms with E-state index in [4.69, 9.17) is 0 Å². The molecule has 0 aliphatic carbocycles. The Kier molecular flexibility index (Phi) is 3.38. The lowest BCUT2D eigenvalue weighted by atomic mass is 10.2. The minimum atomic E-state index is -0.778. The van der Waals surface area contributed by atoms with Crippen molar-refractivity contribution < 1.29 is 18.7 Å². The third-order valence-electron chi connectivity index (χ3n) is 1.69. The molecule has 5 heteroatoms. The van der Waals surface area contributed by atoms with Crippen LogP contribution in [0.15, 0.2) is 18.2 Å². The smallest absolute Gasteiger partial charge is 0.340 e. The number of halogens is 1. The first-order valence-corrected chi connectivity index (χ1v) is 4.20. The summed E-state index contributed by atoms with van der Waals surface area (Å²) in [6, 6.07) is 3.68. The average Bonchev–Trinajstić information content (AvgIpc) is 2.19. The number of ether oxygens (including phenoxy) is 1. The summed E-state index contributed by atoms with van der Waals surface area (Å²) in [6.07, 6.45) is 0. The zero-order chi connectivity index (χ0) is 11.4. The monoisotopic (exact) mass is 211 g/mol. The fourth-order valence-corrected chi connectivity index (χ4v) is 1.07. The van der Waals surface area contributed by atoms with Gasteiger partial charge in [0.15, 0.2) is 0 Å². The normalized spacial score (nSPS) is 9.53. The quantitative estimate of drug-likeness (QED) is 0.755. The van der Waals surface area contributed by atoms with Crippen LogP contribution in [0.1, 0.15) is 17.3 Å². The van der Waals surface area contributed by atoms with Crippen LogP contribution in [0.5, 0.6) is 0 Å². The summed E-state index contributed by atoms with van der Waals surface area (Å²) in [5, 5.41) is 2.44. The first kappa shape index (κ1) is 11.2. The molecule has 0 atom stereocenters. The van der Waals surface area contributed by atoms with Gasteiger partial charge in [-0.05, 0) is 18.2 Å². The number of anilines is 1. The van der Waals surface area contributed by atoms with E-state index in [2.05, 4.69) is 10.1 Å². The highest BCUT2D eigenvalue weighted by atomic mass is 19.1. The molecule has 0 radical (unpaired) electrons. The van der Waals surface area contributed by atoms with Gasteiger partial charge in [-0.3, -0.25) is 4.79 Å². The molecule has 0 bridgehead atoms. The zero-order valence-corrected chi connectivity index (χ0v) is 8.33. The molecule has 4 nitrogen and oxygen atoms in total. The molecule has 0 spiro atoms. The van der Waals surface area contributed by atoms with Gasteiger partial charge >= 0.3 is 5.97 Å². The van der Waals surface area contributed by atoms with E-state index in [-0.39, 0.29) is 11.5 Å². The van der Waals surface area contributed by atoms with Gasteiger partial charge in [-0.2, -0.15) is 0 Å². The van der Waals surface area contributed by atoms with Gasteiger partial charge in [0, 0.05) is 12.6 Å². The maximum Gasteiger partial charge on any atom is 0.340 e. The molecular weight excluding hydrogens is 201 g/mol. The molecule has 1 aromatic rings. The maximum absolute atomic E-state index is 13.1. The number of benzene rings is 1. The SMILES string of the molecule is COC(=O)c1cc(NC(C)=O)ccc1F. The first-order valence-electron chi connectivity index (χ1n) is 4.20. The van der Waals surface area contributed by atoms with Gasteiger partial charge in [-0.15, -0.1) is 0 Å². The predicted molar refractivity (Wildman–Crippen MR) is 52.0 cm³/mol. The molecule has 0 aromatic heterocycles. The van der Waals surface area contributed by atoms with Crippen molar-refractivity contribution in [3.05, 3.63) is 29.6 Å². The number of hydrogen-bond donors (Lipinski definition) is 1. The van der Waals surface area contributed by atoms with Crippen LogP contribution in [0.4, 0.5) is 10.1 Å². The zero-order valence-electron chi connectivity index (χ0n) is 8.33. The summed E-state index contributed by atoms with van der Waals surface area (Å²) in [5.41, 5.74) is 0.146. The summed E-state index contributed by atoms with van der Waals surface area (Å²) < 4.78 is 17.5. The predicted octanol–water partition coefficient (Wildman–Crippen LogP) is 1.57. The van der Waals surface area contributed by atoms with E-state index >= 15 is 0 Å². The van der Waals surface area contributed by atoms with E-state index in [0.29, 0.717) is 5.69 Å². The van der Waals surface area contributed by atoms with Gasteiger partial charge in [0.05, 0.1) is 12.7 Å². The third-order valence-corrected chi connectivity index (χ3v) is 1.69. The van der Waals surface area contributed by atoms with Crippen molar-refractivity contribution >= 4 is 17.6 Å². The lowest BCUT2D eigenvalue weighted by molar-refractivity contribution is -0.114. The van der Waals surface area contributed by atoms with E-state index in [1.54, 1.807) is 0 Å². The Labute approximate surface area is 86.0 Å². The van der Waals surface area contributed by atoms with Crippen molar-refractivity contribution in [3.8, 4) is 0 Å². The van der Waals surface area contributed by atoms with Crippen LogP contribution in [-0.4, -0.2) is 19.0 Å². The number of rotatable bonds is 2. The molecule has 1 N–H and O–H groups in total. The Hall–Kier alpha value is -1.91. The van der Waals surface area contributed by atoms with E-state index in [9.17, 15) is 14.0 Å². The number of methoxy groups -OCH3 is 1. The first-order chi connectivity index (χ1) is 7.04. The highest BCUT2D eigenvalue weighted by molar-refractivity contribution is 5.93. The van der Waals surface area contributed by atoms with Crippen LogP contribution < -0.4 is 5.32 Å². The lowest BCUT2D eigenvalue weighted by Gasteiger charge is -2.05. The second kappa shape index (κ2) is 4.54. The molecule has 0 aliphatic heterocycles. The summed E-state index contributed by atoms with van der Waals surface area (Å²) >= 11 is 0. The molecular formula is C10H10FNO3. The number of carbonyl (C=O) groups is 2. The van der Waals surface area contributed by atoms with Crippen molar-refractivity contribution in [2.24, 2.45) is 0 Å². The van der Waals surface area contributed by atoms with Crippen molar-refractivity contribution in [3.63, 3.8) is 0 Å². The van der Waals surface area contributed by atoms with Crippen LogP contribution >= 0.6 is 0 Å². The minimum Gasteiger partial charge on any atom is -0.465 e. The van der Waals surface area contributed by atoms with Crippen molar-refractivity contribution in [2.75, 3.05) is 12.4 Å². The Bertz CT molecular complexity index is 404. The van der Waals surface area contributed by atoms with Gasteiger partial charge in [-0.25, -0.2) is 9.18 Å².